The molecule has 6 nitrogen and oxygen atoms in total. The normalized spacial score (nSPS) is 13.0. The first-order valence-corrected chi connectivity index (χ1v) is 8.80. The first-order valence-electron chi connectivity index (χ1n) is 7.92. The lowest BCUT2D eigenvalue weighted by molar-refractivity contribution is 0.277. The van der Waals surface area contributed by atoms with Crippen molar-refractivity contribution in [3.05, 3.63) is 51.7 Å². The summed E-state index contributed by atoms with van der Waals surface area (Å²) in [7, 11) is 0. The molecule has 3 heterocycles. The minimum atomic E-state index is -0.0246. The Labute approximate surface area is 143 Å². The third kappa shape index (κ3) is 3.00. The number of aryl methyl sites for hydroxylation is 1. The molecule has 1 aliphatic rings. The van der Waals surface area contributed by atoms with Crippen LogP contribution < -0.4 is 5.32 Å². The summed E-state index contributed by atoms with van der Waals surface area (Å²) in [6.07, 6.45) is 4.85. The average Bonchev–Trinajstić information content (AvgIpc) is 3.29. The number of hydrogen-bond acceptors (Lipinski definition) is 7. The number of rotatable bonds is 5. The summed E-state index contributed by atoms with van der Waals surface area (Å²) >= 11 is 1.54. The molecule has 0 radical (unpaired) electrons. The summed E-state index contributed by atoms with van der Waals surface area (Å²) < 4.78 is 0. The number of fused-ring (bicyclic) bond motifs is 1. The molecule has 0 unspecified atom stereocenters. The molecule has 2 N–H and O–H groups in total. The standard InChI is InChI=1S/C17H17N5OS/c23-9-11-10-24-15(20-11)8-19-16-12-4-3-6-13(12)21-17(22-16)14-5-1-2-7-18-14/h1-2,5,7,10,23H,3-4,6,8-9H2,(H,19,21,22). The van der Waals surface area contributed by atoms with Crippen LogP contribution in [0.4, 0.5) is 5.82 Å². The van der Waals surface area contributed by atoms with Crippen molar-refractivity contribution in [2.24, 2.45) is 0 Å². The molecule has 0 atom stereocenters. The van der Waals surface area contributed by atoms with E-state index in [9.17, 15) is 0 Å². The fraction of sp³-hybridized carbons (Fsp3) is 0.294. The highest BCUT2D eigenvalue weighted by atomic mass is 32.1. The monoisotopic (exact) mass is 339 g/mol. The number of aromatic nitrogens is 4. The summed E-state index contributed by atoms with van der Waals surface area (Å²) in [5.41, 5.74) is 3.81. The summed E-state index contributed by atoms with van der Waals surface area (Å²) in [6, 6.07) is 5.75. The Morgan fingerprint density at radius 3 is 2.92 bits per heavy atom. The van der Waals surface area contributed by atoms with Gasteiger partial charge in [0.1, 0.15) is 16.5 Å². The van der Waals surface area contributed by atoms with Crippen LogP contribution in [0.3, 0.4) is 0 Å². The van der Waals surface area contributed by atoms with Crippen molar-refractivity contribution in [2.75, 3.05) is 5.32 Å². The molecular formula is C17H17N5OS. The van der Waals surface area contributed by atoms with E-state index in [2.05, 4.69) is 15.3 Å². The van der Waals surface area contributed by atoms with Crippen LogP contribution in [0.5, 0.6) is 0 Å². The van der Waals surface area contributed by atoms with Crippen LogP contribution in [-0.2, 0) is 26.0 Å². The second-order valence-electron chi connectivity index (χ2n) is 5.63. The van der Waals surface area contributed by atoms with Crippen molar-refractivity contribution in [1.29, 1.82) is 0 Å². The fourth-order valence-corrected chi connectivity index (χ4v) is 3.58. The molecule has 0 amide bonds. The van der Waals surface area contributed by atoms with Gasteiger partial charge in [0, 0.05) is 22.8 Å². The highest BCUT2D eigenvalue weighted by Gasteiger charge is 2.20. The SMILES string of the molecule is OCc1csc(CNc2nc(-c3ccccn3)nc3c2CCC3)n1. The zero-order chi connectivity index (χ0) is 16.4. The largest absolute Gasteiger partial charge is 0.390 e. The molecule has 0 aliphatic heterocycles. The minimum Gasteiger partial charge on any atom is -0.390 e. The molecule has 7 heteroatoms. The van der Waals surface area contributed by atoms with Crippen LogP contribution in [0.1, 0.15) is 28.4 Å². The molecule has 3 aromatic rings. The van der Waals surface area contributed by atoms with Gasteiger partial charge < -0.3 is 10.4 Å². The lowest BCUT2D eigenvalue weighted by atomic mass is 10.2. The Balaban J connectivity index is 1.63. The van der Waals surface area contributed by atoms with Gasteiger partial charge in [-0.2, -0.15) is 0 Å². The number of pyridine rings is 1. The van der Waals surface area contributed by atoms with E-state index in [-0.39, 0.29) is 6.61 Å². The van der Waals surface area contributed by atoms with Crippen LogP contribution >= 0.6 is 11.3 Å². The molecule has 3 aromatic heterocycles. The van der Waals surface area contributed by atoms with Crippen molar-refractivity contribution in [3.8, 4) is 11.5 Å². The Kier molecular flexibility index (Phi) is 4.18. The predicted octanol–water partition coefficient (Wildman–Crippen LogP) is 2.59. The lowest BCUT2D eigenvalue weighted by Gasteiger charge is -2.11. The van der Waals surface area contributed by atoms with Gasteiger partial charge in [0.05, 0.1) is 18.8 Å². The minimum absolute atomic E-state index is 0.0246. The van der Waals surface area contributed by atoms with E-state index in [0.717, 1.165) is 41.5 Å². The topological polar surface area (TPSA) is 83.8 Å². The molecule has 1 aliphatic carbocycles. The molecular weight excluding hydrogens is 322 g/mol. The Hall–Kier alpha value is -2.38. The molecule has 0 fully saturated rings. The van der Waals surface area contributed by atoms with E-state index >= 15 is 0 Å². The molecule has 4 rings (SSSR count). The third-order valence-electron chi connectivity index (χ3n) is 4.00. The average molecular weight is 339 g/mol. The Bertz CT molecular complexity index is 849. The van der Waals surface area contributed by atoms with E-state index in [1.807, 2.05) is 23.6 Å². The number of nitrogens with zero attached hydrogens (tertiary/aromatic N) is 4. The van der Waals surface area contributed by atoms with Gasteiger partial charge in [0.25, 0.3) is 0 Å². The van der Waals surface area contributed by atoms with E-state index in [1.165, 1.54) is 16.9 Å². The lowest BCUT2D eigenvalue weighted by Crippen LogP contribution is -2.08. The smallest absolute Gasteiger partial charge is 0.180 e. The maximum atomic E-state index is 9.12. The van der Waals surface area contributed by atoms with Gasteiger partial charge in [-0.1, -0.05) is 6.07 Å². The molecule has 0 spiro atoms. The quantitative estimate of drug-likeness (QED) is 0.743. The highest BCUT2D eigenvalue weighted by Crippen LogP contribution is 2.29. The first-order chi connectivity index (χ1) is 11.8. The predicted molar refractivity (Wildman–Crippen MR) is 92.7 cm³/mol. The third-order valence-corrected chi connectivity index (χ3v) is 4.89. The number of aliphatic hydroxyl groups excluding tert-OH is 1. The van der Waals surface area contributed by atoms with Gasteiger partial charge in [-0.25, -0.2) is 15.0 Å². The molecule has 24 heavy (non-hydrogen) atoms. The Morgan fingerprint density at radius 1 is 1.17 bits per heavy atom. The van der Waals surface area contributed by atoms with Gasteiger partial charge in [0.15, 0.2) is 5.82 Å². The second kappa shape index (κ2) is 6.62. The molecule has 0 bridgehead atoms. The number of nitrogens with one attached hydrogen (secondary N) is 1. The van der Waals surface area contributed by atoms with Crippen LogP contribution in [-0.4, -0.2) is 25.0 Å². The van der Waals surface area contributed by atoms with E-state index in [4.69, 9.17) is 15.1 Å². The number of aliphatic hydroxyl groups is 1. The maximum Gasteiger partial charge on any atom is 0.180 e. The van der Waals surface area contributed by atoms with E-state index < -0.39 is 0 Å². The van der Waals surface area contributed by atoms with E-state index in [1.54, 1.807) is 6.20 Å². The van der Waals surface area contributed by atoms with Crippen molar-refractivity contribution in [2.45, 2.75) is 32.4 Å². The molecule has 0 aromatic carbocycles. The van der Waals surface area contributed by atoms with Crippen molar-refractivity contribution >= 4 is 17.2 Å². The molecule has 122 valence electrons. The maximum absolute atomic E-state index is 9.12. The molecule has 0 saturated carbocycles. The van der Waals surface area contributed by atoms with Gasteiger partial charge in [-0.3, -0.25) is 4.98 Å². The van der Waals surface area contributed by atoms with Crippen LogP contribution in [0.25, 0.3) is 11.5 Å². The van der Waals surface area contributed by atoms with E-state index in [0.29, 0.717) is 18.1 Å². The first kappa shape index (κ1) is 15.2. The van der Waals surface area contributed by atoms with Gasteiger partial charge in [-0.05, 0) is 31.4 Å². The van der Waals surface area contributed by atoms with Crippen LogP contribution in [0, 0.1) is 0 Å². The molecule has 0 saturated heterocycles. The number of anilines is 1. The van der Waals surface area contributed by atoms with Crippen molar-refractivity contribution < 1.29 is 5.11 Å². The van der Waals surface area contributed by atoms with Gasteiger partial charge in [0.2, 0.25) is 0 Å². The number of thiazole rings is 1. The Morgan fingerprint density at radius 2 is 2.12 bits per heavy atom. The van der Waals surface area contributed by atoms with Crippen molar-refractivity contribution in [1.82, 2.24) is 19.9 Å². The van der Waals surface area contributed by atoms with Gasteiger partial charge in [-0.15, -0.1) is 11.3 Å². The van der Waals surface area contributed by atoms with Crippen LogP contribution in [0.15, 0.2) is 29.8 Å². The number of hydrogen-bond donors (Lipinski definition) is 2. The highest BCUT2D eigenvalue weighted by molar-refractivity contribution is 7.09. The second-order valence-corrected chi connectivity index (χ2v) is 6.58. The van der Waals surface area contributed by atoms with Gasteiger partial charge >= 0.3 is 0 Å². The fourth-order valence-electron chi connectivity index (χ4n) is 2.85. The zero-order valence-corrected chi connectivity index (χ0v) is 13.9. The summed E-state index contributed by atoms with van der Waals surface area (Å²) in [5.74, 6) is 1.54. The van der Waals surface area contributed by atoms with Crippen LogP contribution in [0.2, 0.25) is 0 Å². The summed E-state index contributed by atoms with van der Waals surface area (Å²) in [4.78, 5) is 18.1. The summed E-state index contributed by atoms with van der Waals surface area (Å²) in [5, 5.41) is 15.3. The zero-order valence-electron chi connectivity index (χ0n) is 13.1. The summed E-state index contributed by atoms with van der Waals surface area (Å²) in [6.45, 7) is 0.568. The van der Waals surface area contributed by atoms with Crippen molar-refractivity contribution in [3.63, 3.8) is 0 Å².